The normalized spacial score (nSPS) is 12.9. The Balaban J connectivity index is 2.68. The summed E-state index contributed by atoms with van der Waals surface area (Å²) in [5.74, 6) is 0. The van der Waals surface area contributed by atoms with E-state index in [4.69, 9.17) is 0 Å². The number of hydrogen-bond donors (Lipinski definition) is 2. The van der Waals surface area contributed by atoms with Gasteiger partial charge in [-0.1, -0.05) is 20.8 Å². The van der Waals surface area contributed by atoms with Crippen LogP contribution < -0.4 is 5.32 Å². The highest BCUT2D eigenvalue weighted by Gasteiger charge is 2.14. The summed E-state index contributed by atoms with van der Waals surface area (Å²) in [6.07, 6.45) is 0.176. The minimum Gasteiger partial charge on any atom is -0.393 e. The quantitative estimate of drug-likeness (QED) is 0.801. The van der Waals surface area contributed by atoms with Gasteiger partial charge in [0.2, 0.25) is 0 Å². The second-order valence-corrected chi connectivity index (χ2v) is 8.58. The van der Waals surface area contributed by atoms with Crippen molar-refractivity contribution in [1.82, 2.24) is 4.90 Å². The molecule has 1 unspecified atom stereocenters. The molecule has 0 aromatic heterocycles. The van der Waals surface area contributed by atoms with Gasteiger partial charge in [0.15, 0.2) is 0 Å². The molecule has 0 fully saturated rings. The van der Waals surface area contributed by atoms with Gasteiger partial charge >= 0.3 is 6.03 Å². The topological polar surface area (TPSA) is 52.6 Å². The molecule has 0 saturated carbocycles. The number of rotatable bonds is 5. The van der Waals surface area contributed by atoms with Gasteiger partial charge in [0.1, 0.15) is 0 Å². The van der Waals surface area contributed by atoms with Crippen LogP contribution in [0.15, 0.2) is 23.1 Å². The number of carbonyl (C=O) groups excluding carboxylic acids is 1. The van der Waals surface area contributed by atoms with Gasteiger partial charge in [-0.2, -0.15) is 0 Å². The lowest BCUT2D eigenvalue weighted by atomic mass is 10.2. The summed E-state index contributed by atoms with van der Waals surface area (Å²) in [5.41, 5.74) is 1.87. The molecule has 1 atom stereocenters. The Morgan fingerprint density at radius 1 is 1.41 bits per heavy atom. The molecule has 5 heteroatoms. The van der Waals surface area contributed by atoms with Crippen LogP contribution in [0.4, 0.5) is 10.5 Å². The van der Waals surface area contributed by atoms with Gasteiger partial charge < -0.3 is 15.3 Å². The molecule has 0 saturated heterocycles. The smallest absolute Gasteiger partial charge is 0.321 e. The minimum atomic E-state index is -0.398. The lowest BCUT2D eigenvalue weighted by Crippen LogP contribution is -2.33. The molecule has 0 aliphatic carbocycles. The van der Waals surface area contributed by atoms with E-state index in [-0.39, 0.29) is 10.8 Å². The van der Waals surface area contributed by atoms with Crippen molar-refractivity contribution in [2.45, 2.75) is 56.8 Å². The molecule has 0 aliphatic heterocycles. The summed E-state index contributed by atoms with van der Waals surface area (Å²) in [4.78, 5) is 14.9. The fraction of sp³-hybridized carbons (Fsp3) is 0.588. The van der Waals surface area contributed by atoms with Crippen molar-refractivity contribution in [3.8, 4) is 0 Å². The predicted octanol–water partition coefficient (Wildman–Crippen LogP) is 4.12. The van der Waals surface area contributed by atoms with Crippen molar-refractivity contribution in [2.75, 3.05) is 18.9 Å². The third kappa shape index (κ3) is 6.71. The molecule has 1 aromatic carbocycles. The number of benzene rings is 1. The van der Waals surface area contributed by atoms with E-state index in [1.807, 2.05) is 30.8 Å². The Morgan fingerprint density at radius 2 is 2.05 bits per heavy atom. The largest absolute Gasteiger partial charge is 0.393 e. The van der Waals surface area contributed by atoms with Crippen molar-refractivity contribution in [3.63, 3.8) is 0 Å². The van der Waals surface area contributed by atoms with Crippen molar-refractivity contribution in [1.29, 1.82) is 0 Å². The summed E-state index contributed by atoms with van der Waals surface area (Å²) in [6.45, 7) is 10.8. The maximum absolute atomic E-state index is 12.1. The van der Waals surface area contributed by atoms with Crippen LogP contribution in [0.3, 0.4) is 0 Å². The van der Waals surface area contributed by atoms with Crippen molar-refractivity contribution in [3.05, 3.63) is 23.8 Å². The second-order valence-electron chi connectivity index (χ2n) is 6.68. The van der Waals surface area contributed by atoms with E-state index in [0.717, 1.165) is 11.3 Å². The molecule has 0 aliphatic rings. The zero-order valence-corrected chi connectivity index (χ0v) is 15.3. The van der Waals surface area contributed by atoms with Crippen LogP contribution >= 0.6 is 11.8 Å². The number of thioether (sulfide) groups is 1. The lowest BCUT2D eigenvalue weighted by Gasteiger charge is -2.21. The SMILES string of the molecule is Cc1cc(SC(C)(C)C)ccc1NC(=O)N(C)CCC(C)O. The van der Waals surface area contributed by atoms with E-state index >= 15 is 0 Å². The monoisotopic (exact) mass is 324 g/mol. The lowest BCUT2D eigenvalue weighted by molar-refractivity contribution is 0.167. The number of anilines is 1. The van der Waals surface area contributed by atoms with Gasteiger partial charge in [0.25, 0.3) is 0 Å². The first kappa shape index (κ1) is 18.8. The first-order chi connectivity index (χ1) is 10.1. The molecule has 0 bridgehead atoms. The minimum absolute atomic E-state index is 0.153. The van der Waals surface area contributed by atoms with Crippen LogP contribution in [0.25, 0.3) is 0 Å². The summed E-state index contributed by atoms with van der Waals surface area (Å²) in [7, 11) is 1.73. The number of nitrogens with zero attached hydrogens (tertiary/aromatic N) is 1. The van der Waals surface area contributed by atoms with Gasteiger partial charge in [-0.05, 0) is 44.0 Å². The summed E-state index contributed by atoms with van der Waals surface area (Å²) >= 11 is 1.81. The van der Waals surface area contributed by atoms with Crippen LogP contribution in [0.1, 0.15) is 39.7 Å². The third-order valence-electron chi connectivity index (χ3n) is 3.09. The summed E-state index contributed by atoms with van der Waals surface area (Å²) in [5, 5.41) is 12.2. The van der Waals surface area contributed by atoms with E-state index in [1.54, 1.807) is 18.9 Å². The average molecular weight is 324 g/mol. The van der Waals surface area contributed by atoms with Crippen LogP contribution in [-0.4, -0.2) is 40.5 Å². The molecule has 1 aromatic rings. The second kappa shape index (κ2) is 7.88. The Morgan fingerprint density at radius 3 is 2.55 bits per heavy atom. The van der Waals surface area contributed by atoms with E-state index < -0.39 is 6.10 Å². The summed E-state index contributed by atoms with van der Waals surface area (Å²) in [6, 6.07) is 5.93. The molecule has 0 radical (unpaired) electrons. The highest BCUT2D eigenvalue weighted by molar-refractivity contribution is 8.00. The number of nitrogens with one attached hydrogen (secondary N) is 1. The molecule has 2 amide bonds. The van der Waals surface area contributed by atoms with Crippen molar-refractivity contribution in [2.24, 2.45) is 0 Å². The van der Waals surface area contributed by atoms with Crippen LogP contribution in [0.5, 0.6) is 0 Å². The van der Waals surface area contributed by atoms with Crippen molar-refractivity contribution < 1.29 is 9.90 Å². The molecule has 1 rings (SSSR count). The number of amides is 2. The molecule has 124 valence electrons. The molecule has 2 N–H and O–H groups in total. The van der Waals surface area contributed by atoms with Crippen LogP contribution in [0, 0.1) is 6.92 Å². The maximum Gasteiger partial charge on any atom is 0.321 e. The van der Waals surface area contributed by atoms with Gasteiger partial charge in [-0.25, -0.2) is 4.79 Å². The Labute approximate surface area is 138 Å². The third-order valence-corrected chi connectivity index (χ3v) is 4.19. The number of carbonyl (C=O) groups is 1. The highest BCUT2D eigenvalue weighted by Crippen LogP contribution is 2.33. The van der Waals surface area contributed by atoms with Gasteiger partial charge in [0, 0.05) is 28.9 Å². The predicted molar refractivity (Wildman–Crippen MR) is 94.7 cm³/mol. The Bertz CT molecular complexity index is 510. The number of hydrogen-bond acceptors (Lipinski definition) is 3. The van der Waals surface area contributed by atoms with E-state index in [1.165, 1.54) is 4.90 Å². The number of aryl methyl sites for hydroxylation is 1. The first-order valence-electron chi connectivity index (χ1n) is 7.58. The number of aliphatic hydroxyl groups is 1. The van der Waals surface area contributed by atoms with Gasteiger partial charge in [0.05, 0.1) is 6.10 Å². The van der Waals surface area contributed by atoms with Crippen LogP contribution in [-0.2, 0) is 0 Å². The molecule has 0 heterocycles. The van der Waals surface area contributed by atoms with E-state index in [2.05, 4.69) is 32.2 Å². The molecular formula is C17H28N2O2S. The molecular weight excluding hydrogens is 296 g/mol. The van der Waals surface area contributed by atoms with E-state index in [0.29, 0.717) is 13.0 Å². The highest BCUT2D eigenvalue weighted by atomic mass is 32.2. The fourth-order valence-corrected chi connectivity index (χ4v) is 2.97. The summed E-state index contributed by atoms with van der Waals surface area (Å²) < 4.78 is 0.165. The van der Waals surface area contributed by atoms with E-state index in [9.17, 15) is 9.90 Å². The van der Waals surface area contributed by atoms with Gasteiger partial charge in [-0.3, -0.25) is 0 Å². The molecule has 22 heavy (non-hydrogen) atoms. The van der Waals surface area contributed by atoms with Crippen LogP contribution in [0.2, 0.25) is 0 Å². The Kier molecular flexibility index (Phi) is 6.75. The fourth-order valence-electron chi connectivity index (χ4n) is 1.89. The standard InChI is InChI=1S/C17H28N2O2S/c1-12-11-14(22-17(3,4)5)7-8-15(12)18-16(21)19(6)10-9-13(2)20/h7-8,11,13,20H,9-10H2,1-6H3,(H,18,21). The molecule has 0 spiro atoms. The van der Waals surface area contributed by atoms with Crippen molar-refractivity contribution >= 4 is 23.5 Å². The zero-order chi connectivity index (χ0) is 16.9. The zero-order valence-electron chi connectivity index (χ0n) is 14.4. The average Bonchev–Trinajstić information content (AvgIpc) is 2.37. The number of urea groups is 1. The first-order valence-corrected chi connectivity index (χ1v) is 8.40. The van der Waals surface area contributed by atoms with Gasteiger partial charge in [-0.15, -0.1) is 11.8 Å². The molecule has 4 nitrogen and oxygen atoms in total. The maximum atomic E-state index is 12.1. The number of aliphatic hydroxyl groups excluding tert-OH is 1. The Hall–Kier alpha value is -1.20.